The Labute approximate surface area is 110 Å². The number of unbranched alkanes of at least 4 members (excludes halogenated alkanes) is 1. The van der Waals surface area contributed by atoms with Crippen molar-refractivity contribution in [1.29, 1.82) is 0 Å². The lowest BCUT2D eigenvalue weighted by atomic mass is 10.1. The minimum atomic E-state index is 0.549. The van der Waals surface area contributed by atoms with E-state index in [0.717, 1.165) is 6.54 Å². The van der Waals surface area contributed by atoms with Crippen LogP contribution in [0.5, 0.6) is 0 Å². The molecule has 0 saturated heterocycles. The molecule has 0 amide bonds. The first-order valence-corrected chi connectivity index (χ1v) is 7.57. The van der Waals surface area contributed by atoms with Gasteiger partial charge in [0.15, 0.2) is 0 Å². The van der Waals surface area contributed by atoms with Crippen LogP contribution in [-0.2, 0) is 6.54 Å². The molecule has 0 saturated carbocycles. The molecule has 0 aromatic heterocycles. The molecule has 0 fully saturated rings. The van der Waals surface area contributed by atoms with Crippen molar-refractivity contribution >= 4 is 11.8 Å². The first kappa shape index (κ1) is 14.6. The first-order chi connectivity index (χ1) is 8.13. The van der Waals surface area contributed by atoms with Crippen molar-refractivity contribution in [3.05, 3.63) is 29.3 Å². The van der Waals surface area contributed by atoms with Crippen LogP contribution in [0.15, 0.2) is 23.1 Å². The molecule has 0 heterocycles. The van der Waals surface area contributed by atoms with E-state index >= 15 is 0 Å². The van der Waals surface area contributed by atoms with Gasteiger partial charge in [0.05, 0.1) is 0 Å². The average molecular weight is 251 g/mol. The van der Waals surface area contributed by atoms with Gasteiger partial charge in [0, 0.05) is 17.5 Å². The lowest BCUT2D eigenvalue weighted by Gasteiger charge is -2.11. The van der Waals surface area contributed by atoms with Crippen LogP contribution >= 0.6 is 11.8 Å². The van der Waals surface area contributed by atoms with E-state index in [9.17, 15) is 0 Å². The zero-order chi connectivity index (χ0) is 12.7. The highest BCUT2D eigenvalue weighted by Gasteiger charge is 2.01. The Hall–Kier alpha value is -0.470. The molecule has 0 aliphatic carbocycles. The summed E-state index contributed by atoms with van der Waals surface area (Å²) < 4.78 is 0. The maximum absolute atomic E-state index is 3.47. The van der Waals surface area contributed by atoms with E-state index in [1.807, 2.05) is 11.8 Å². The van der Waals surface area contributed by atoms with E-state index < -0.39 is 0 Å². The van der Waals surface area contributed by atoms with Crippen LogP contribution in [0, 0.1) is 6.92 Å². The van der Waals surface area contributed by atoms with Crippen LogP contribution in [0.4, 0.5) is 0 Å². The topological polar surface area (TPSA) is 12.0 Å². The fourth-order valence-electron chi connectivity index (χ4n) is 1.60. The third-order valence-electron chi connectivity index (χ3n) is 2.78. The summed E-state index contributed by atoms with van der Waals surface area (Å²) in [5.74, 6) is 1.24. The molecule has 0 radical (unpaired) electrons. The van der Waals surface area contributed by atoms with Gasteiger partial charge in [-0.15, -0.1) is 11.8 Å². The fourth-order valence-corrected chi connectivity index (χ4v) is 2.70. The summed E-state index contributed by atoms with van der Waals surface area (Å²) in [6.45, 7) is 9.80. The summed E-state index contributed by atoms with van der Waals surface area (Å²) in [5, 5.41) is 3.47. The average Bonchev–Trinajstić information content (AvgIpc) is 2.28. The largest absolute Gasteiger partial charge is 0.310 e. The van der Waals surface area contributed by atoms with E-state index in [1.165, 1.54) is 34.6 Å². The number of hydrogen-bond acceptors (Lipinski definition) is 2. The summed E-state index contributed by atoms with van der Waals surface area (Å²) in [4.78, 5) is 1.41. The van der Waals surface area contributed by atoms with Gasteiger partial charge in [0.2, 0.25) is 0 Å². The maximum Gasteiger partial charge on any atom is 0.0210 e. The summed E-state index contributed by atoms with van der Waals surface area (Å²) >= 11 is 1.97. The number of benzene rings is 1. The molecular formula is C15H25NS. The van der Waals surface area contributed by atoms with Crippen molar-refractivity contribution in [3.63, 3.8) is 0 Å². The van der Waals surface area contributed by atoms with Gasteiger partial charge in [0.1, 0.15) is 0 Å². The number of hydrogen-bond donors (Lipinski definition) is 1. The Morgan fingerprint density at radius 1 is 1.29 bits per heavy atom. The number of rotatable bonds is 7. The third kappa shape index (κ3) is 5.60. The van der Waals surface area contributed by atoms with Crippen LogP contribution in [-0.4, -0.2) is 11.8 Å². The third-order valence-corrected chi connectivity index (χ3v) is 3.86. The molecular weight excluding hydrogens is 226 g/mol. The zero-order valence-electron chi connectivity index (χ0n) is 11.5. The van der Waals surface area contributed by atoms with E-state index in [1.54, 1.807) is 0 Å². The van der Waals surface area contributed by atoms with Gasteiger partial charge in [-0.05, 0) is 42.4 Å². The normalized spacial score (nSPS) is 11.1. The van der Waals surface area contributed by atoms with Gasteiger partial charge in [-0.25, -0.2) is 0 Å². The molecule has 0 atom stereocenters. The van der Waals surface area contributed by atoms with E-state index in [2.05, 4.69) is 51.2 Å². The van der Waals surface area contributed by atoms with Crippen molar-refractivity contribution in [2.45, 2.75) is 58.0 Å². The Bertz CT molecular complexity index is 334. The second-order valence-corrected chi connectivity index (χ2v) is 5.99. The summed E-state index contributed by atoms with van der Waals surface area (Å²) in [7, 11) is 0. The molecule has 0 bridgehead atoms. The van der Waals surface area contributed by atoms with Crippen molar-refractivity contribution in [3.8, 4) is 0 Å². The lowest BCUT2D eigenvalue weighted by molar-refractivity contribution is 0.587. The van der Waals surface area contributed by atoms with Crippen molar-refractivity contribution in [1.82, 2.24) is 5.32 Å². The van der Waals surface area contributed by atoms with Gasteiger partial charge in [-0.3, -0.25) is 0 Å². The van der Waals surface area contributed by atoms with Gasteiger partial charge in [-0.1, -0.05) is 33.3 Å². The highest BCUT2D eigenvalue weighted by Crippen LogP contribution is 2.22. The van der Waals surface area contributed by atoms with Gasteiger partial charge in [0.25, 0.3) is 0 Å². The molecule has 0 aliphatic heterocycles. The number of aryl methyl sites for hydroxylation is 1. The van der Waals surface area contributed by atoms with Gasteiger partial charge >= 0.3 is 0 Å². The maximum atomic E-state index is 3.47. The molecule has 0 aliphatic rings. The van der Waals surface area contributed by atoms with Crippen molar-refractivity contribution in [2.75, 3.05) is 5.75 Å². The van der Waals surface area contributed by atoms with Crippen LogP contribution < -0.4 is 5.32 Å². The molecule has 1 aromatic carbocycles. The molecule has 1 nitrogen and oxygen atoms in total. The molecule has 0 unspecified atom stereocenters. The molecule has 0 spiro atoms. The van der Waals surface area contributed by atoms with Crippen molar-refractivity contribution in [2.24, 2.45) is 0 Å². The number of nitrogens with one attached hydrogen (secondary N) is 1. The van der Waals surface area contributed by atoms with Crippen LogP contribution in [0.25, 0.3) is 0 Å². The van der Waals surface area contributed by atoms with Crippen molar-refractivity contribution < 1.29 is 0 Å². The zero-order valence-corrected chi connectivity index (χ0v) is 12.4. The predicted molar refractivity (Wildman–Crippen MR) is 78.8 cm³/mol. The molecule has 2 heteroatoms. The van der Waals surface area contributed by atoms with E-state index in [4.69, 9.17) is 0 Å². The second-order valence-electron chi connectivity index (χ2n) is 4.83. The summed E-state index contributed by atoms with van der Waals surface area (Å²) in [6, 6.07) is 7.38. The minimum Gasteiger partial charge on any atom is -0.310 e. The van der Waals surface area contributed by atoms with E-state index in [0.29, 0.717) is 6.04 Å². The molecule has 1 N–H and O–H groups in total. The standard InChI is InChI=1S/C15H25NS/c1-5-6-9-17-15-8-7-14(13(4)10-15)11-16-12(2)3/h7-8,10,12,16H,5-6,9,11H2,1-4H3. The molecule has 17 heavy (non-hydrogen) atoms. The minimum absolute atomic E-state index is 0.549. The Balaban J connectivity index is 2.53. The van der Waals surface area contributed by atoms with Crippen LogP contribution in [0.2, 0.25) is 0 Å². The first-order valence-electron chi connectivity index (χ1n) is 6.59. The Morgan fingerprint density at radius 2 is 2.06 bits per heavy atom. The second kappa shape index (κ2) is 7.78. The summed E-state index contributed by atoms with van der Waals surface area (Å²) in [5.41, 5.74) is 2.82. The van der Waals surface area contributed by atoms with E-state index in [-0.39, 0.29) is 0 Å². The SMILES string of the molecule is CCCCSc1ccc(CNC(C)C)c(C)c1. The molecule has 96 valence electrons. The van der Waals surface area contributed by atoms with Crippen LogP contribution in [0.1, 0.15) is 44.7 Å². The van der Waals surface area contributed by atoms with Gasteiger partial charge in [-0.2, -0.15) is 0 Å². The fraction of sp³-hybridized carbons (Fsp3) is 0.600. The smallest absolute Gasteiger partial charge is 0.0210 e. The lowest BCUT2D eigenvalue weighted by Crippen LogP contribution is -2.22. The highest BCUT2D eigenvalue weighted by atomic mass is 32.2. The summed E-state index contributed by atoms with van der Waals surface area (Å²) in [6.07, 6.45) is 2.59. The molecule has 1 aromatic rings. The van der Waals surface area contributed by atoms with Crippen LogP contribution in [0.3, 0.4) is 0 Å². The van der Waals surface area contributed by atoms with Gasteiger partial charge < -0.3 is 5.32 Å². The number of thioether (sulfide) groups is 1. The Morgan fingerprint density at radius 3 is 2.65 bits per heavy atom. The molecule has 1 rings (SSSR count). The monoisotopic (exact) mass is 251 g/mol. The quantitative estimate of drug-likeness (QED) is 0.570. The predicted octanol–water partition coefficient (Wildman–Crippen LogP) is 4.39. The highest BCUT2D eigenvalue weighted by molar-refractivity contribution is 7.99. The Kier molecular flexibility index (Phi) is 6.68.